The average Bonchev–Trinajstić information content (AvgIpc) is 2.67. The van der Waals surface area contributed by atoms with Gasteiger partial charge in [-0.25, -0.2) is 9.78 Å². The number of rotatable bonds is 3. The second-order valence-corrected chi connectivity index (χ2v) is 4.46. The summed E-state index contributed by atoms with van der Waals surface area (Å²) in [6, 6.07) is 3.29. The van der Waals surface area contributed by atoms with Gasteiger partial charge in [0.2, 0.25) is 0 Å². The summed E-state index contributed by atoms with van der Waals surface area (Å²) in [5, 5.41) is 0. The van der Waals surface area contributed by atoms with E-state index < -0.39 is 11.8 Å². The van der Waals surface area contributed by atoms with Crippen molar-refractivity contribution in [3.05, 3.63) is 34.3 Å². The molecule has 0 atom stereocenters. The number of hydrogen-bond acceptors (Lipinski definition) is 4. The van der Waals surface area contributed by atoms with Crippen LogP contribution in [0.3, 0.4) is 0 Å². The van der Waals surface area contributed by atoms with Crippen molar-refractivity contribution in [3.63, 3.8) is 0 Å². The Kier molecular flexibility index (Phi) is 3.47. The smallest absolute Gasteiger partial charge is 0.379 e. The molecule has 0 fully saturated rings. The third-order valence-corrected chi connectivity index (χ3v) is 3.10. The van der Waals surface area contributed by atoms with Crippen LogP contribution in [0.4, 0.5) is 0 Å². The number of Topliss-reactive ketones (excluding diaryl/α,β-unsaturated/α-hetero) is 1. The molecule has 18 heavy (non-hydrogen) atoms. The molecule has 0 saturated carbocycles. The Balaban J connectivity index is 2.56. The number of nitrogens with zero attached hydrogens (tertiary/aromatic N) is 2. The predicted molar refractivity (Wildman–Crippen MR) is 68.6 cm³/mol. The van der Waals surface area contributed by atoms with Crippen molar-refractivity contribution in [3.8, 4) is 0 Å². The molecule has 2 aromatic rings. The van der Waals surface area contributed by atoms with Crippen molar-refractivity contribution in [1.29, 1.82) is 0 Å². The monoisotopic (exact) mass is 310 g/mol. The highest BCUT2D eigenvalue weighted by molar-refractivity contribution is 9.10. The summed E-state index contributed by atoms with van der Waals surface area (Å²) in [6.07, 6.45) is 1.60. The first kappa shape index (κ1) is 12.8. The Morgan fingerprint density at radius 3 is 2.89 bits per heavy atom. The van der Waals surface area contributed by atoms with E-state index in [2.05, 4.69) is 20.9 Å². The number of fused-ring (bicyclic) bond motifs is 1. The zero-order valence-electron chi connectivity index (χ0n) is 9.94. The zero-order valence-corrected chi connectivity index (χ0v) is 11.5. The van der Waals surface area contributed by atoms with Gasteiger partial charge in [0.05, 0.1) is 22.3 Å². The molecular formula is C12H11BrN2O3. The van der Waals surface area contributed by atoms with Crippen LogP contribution in [0.1, 0.15) is 23.1 Å². The van der Waals surface area contributed by atoms with Gasteiger partial charge in [0, 0.05) is 6.20 Å². The number of ether oxygens (including phenoxy) is 1. The first-order chi connectivity index (χ1) is 8.56. The summed E-state index contributed by atoms with van der Waals surface area (Å²) >= 11 is 3.34. The van der Waals surface area contributed by atoms with E-state index in [0.717, 1.165) is 5.82 Å². The standard InChI is InChI=1S/C12H11BrN2O3/c1-3-18-12(17)11(16)8-6-10(13)15-7(2)14-5-4-9(8)15/h4-6H,3H2,1-2H3. The van der Waals surface area contributed by atoms with Crippen molar-refractivity contribution < 1.29 is 14.3 Å². The number of halogens is 1. The van der Waals surface area contributed by atoms with E-state index >= 15 is 0 Å². The Morgan fingerprint density at radius 2 is 2.22 bits per heavy atom. The van der Waals surface area contributed by atoms with Gasteiger partial charge in [-0.3, -0.25) is 9.20 Å². The minimum absolute atomic E-state index is 0.179. The molecule has 6 heteroatoms. The van der Waals surface area contributed by atoms with Gasteiger partial charge in [0.25, 0.3) is 5.78 Å². The maximum Gasteiger partial charge on any atom is 0.379 e. The number of ketones is 1. The lowest BCUT2D eigenvalue weighted by molar-refractivity contribution is -0.137. The van der Waals surface area contributed by atoms with E-state index in [0.29, 0.717) is 15.7 Å². The van der Waals surface area contributed by atoms with Crippen molar-refractivity contribution >= 4 is 33.2 Å². The molecule has 0 bridgehead atoms. The quantitative estimate of drug-likeness (QED) is 0.495. The van der Waals surface area contributed by atoms with Crippen LogP contribution in [0.2, 0.25) is 0 Å². The molecule has 0 amide bonds. The Labute approximate surface area is 112 Å². The van der Waals surface area contributed by atoms with Gasteiger partial charge in [-0.05, 0) is 41.9 Å². The average molecular weight is 311 g/mol. The third-order valence-electron chi connectivity index (χ3n) is 2.52. The van der Waals surface area contributed by atoms with Gasteiger partial charge in [0.1, 0.15) is 5.82 Å². The molecule has 0 aromatic carbocycles. The van der Waals surface area contributed by atoms with E-state index in [1.165, 1.54) is 0 Å². The highest BCUT2D eigenvalue weighted by Gasteiger charge is 2.22. The van der Waals surface area contributed by atoms with Crippen LogP contribution in [0.25, 0.3) is 5.52 Å². The number of aryl methyl sites for hydroxylation is 1. The highest BCUT2D eigenvalue weighted by Crippen LogP contribution is 2.23. The highest BCUT2D eigenvalue weighted by atomic mass is 79.9. The summed E-state index contributed by atoms with van der Waals surface area (Å²) in [7, 11) is 0. The summed E-state index contributed by atoms with van der Waals surface area (Å²) in [5.41, 5.74) is 0.943. The lowest BCUT2D eigenvalue weighted by Gasteiger charge is -2.02. The van der Waals surface area contributed by atoms with E-state index in [-0.39, 0.29) is 6.61 Å². The van der Waals surface area contributed by atoms with Crippen molar-refractivity contribution in [2.75, 3.05) is 6.61 Å². The minimum Gasteiger partial charge on any atom is -0.460 e. The van der Waals surface area contributed by atoms with Gasteiger partial charge in [-0.2, -0.15) is 0 Å². The molecule has 0 N–H and O–H groups in total. The Bertz CT molecular complexity index is 634. The SMILES string of the molecule is CCOC(=O)C(=O)c1cc(Br)n2c(C)nccc12. The van der Waals surface area contributed by atoms with Crippen molar-refractivity contribution in [2.24, 2.45) is 0 Å². The molecule has 0 saturated heterocycles. The molecule has 5 nitrogen and oxygen atoms in total. The van der Waals surface area contributed by atoms with Gasteiger partial charge < -0.3 is 4.74 Å². The summed E-state index contributed by atoms with van der Waals surface area (Å²) < 4.78 is 7.15. The maximum atomic E-state index is 11.9. The second-order valence-electron chi connectivity index (χ2n) is 3.64. The molecule has 0 radical (unpaired) electrons. The van der Waals surface area contributed by atoms with Gasteiger partial charge in [-0.15, -0.1) is 0 Å². The van der Waals surface area contributed by atoms with Gasteiger partial charge >= 0.3 is 5.97 Å². The van der Waals surface area contributed by atoms with Crippen molar-refractivity contribution in [1.82, 2.24) is 9.38 Å². The fourth-order valence-electron chi connectivity index (χ4n) is 1.75. The Hall–Kier alpha value is -1.69. The first-order valence-electron chi connectivity index (χ1n) is 5.40. The van der Waals surface area contributed by atoms with Crippen molar-refractivity contribution in [2.45, 2.75) is 13.8 Å². The van der Waals surface area contributed by atoms with Gasteiger partial charge in [0.15, 0.2) is 0 Å². The topological polar surface area (TPSA) is 60.7 Å². The lowest BCUT2D eigenvalue weighted by Crippen LogP contribution is -2.17. The molecular weight excluding hydrogens is 300 g/mol. The summed E-state index contributed by atoms with van der Waals surface area (Å²) in [6.45, 7) is 3.65. The minimum atomic E-state index is -0.841. The van der Waals surface area contributed by atoms with Crippen LogP contribution in [-0.4, -0.2) is 27.7 Å². The Morgan fingerprint density at radius 1 is 1.50 bits per heavy atom. The first-order valence-corrected chi connectivity index (χ1v) is 6.19. The van der Waals surface area contributed by atoms with Crippen LogP contribution in [0.5, 0.6) is 0 Å². The molecule has 0 aliphatic carbocycles. The number of aromatic nitrogens is 2. The fraction of sp³-hybridized carbons (Fsp3) is 0.250. The van der Waals surface area contributed by atoms with E-state index in [4.69, 9.17) is 4.74 Å². The normalized spacial score (nSPS) is 10.6. The molecule has 2 heterocycles. The number of carbonyl (C=O) groups excluding carboxylic acids is 2. The molecule has 2 aromatic heterocycles. The zero-order chi connectivity index (χ0) is 13.3. The third kappa shape index (κ3) is 2.03. The molecule has 0 aliphatic heterocycles. The van der Waals surface area contributed by atoms with Gasteiger partial charge in [-0.1, -0.05) is 0 Å². The van der Waals surface area contributed by atoms with Crippen LogP contribution >= 0.6 is 15.9 Å². The van der Waals surface area contributed by atoms with E-state index in [1.54, 1.807) is 29.7 Å². The second kappa shape index (κ2) is 4.89. The van der Waals surface area contributed by atoms with Crippen LogP contribution < -0.4 is 0 Å². The summed E-state index contributed by atoms with van der Waals surface area (Å²) in [4.78, 5) is 27.5. The molecule has 2 rings (SSSR count). The van der Waals surface area contributed by atoms with E-state index in [9.17, 15) is 9.59 Å². The van der Waals surface area contributed by atoms with Crippen LogP contribution in [0.15, 0.2) is 22.9 Å². The maximum absolute atomic E-state index is 11.9. The van der Waals surface area contributed by atoms with Crippen LogP contribution in [0, 0.1) is 6.92 Å². The molecule has 0 spiro atoms. The molecule has 0 unspecified atom stereocenters. The largest absolute Gasteiger partial charge is 0.460 e. The lowest BCUT2D eigenvalue weighted by atomic mass is 10.2. The fourth-order valence-corrected chi connectivity index (χ4v) is 2.42. The van der Waals surface area contributed by atoms with Crippen LogP contribution in [-0.2, 0) is 9.53 Å². The molecule has 94 valence electrons. The summed E-state index contributed by atoms with van der Waals surface area (Å²) in [5.74, 6) is -0.764. The number of carbonyl (C=O) groups is 2. The predicted octanol–water partition coefficient (Wildman–Crippen LogP) is 2.15. The number of esters is 1. The van der Waals surface area contributed by atoms with E-state index in [1.807, 2.05) is 6.92 Å². The number of hydrogen-bond donors (Lipinski definition) is 0. The molecule has 0 aliphatic rings.